The second-order valence-corrected chi connectivity index (χ2v) is 6.87. The molecule has 0 amide bonds. The van der Waals surface area contributed by atoms with Gasteiger partial charge in [-0.15, -0.1) is 0 Å². The molecule has 1 aromatic carbocycles. The summed E-state index contributed by atoms with van der Waals surface area (Å²) in [7, 11) is 0. The maximum Gasteiger partial charge on any atom is 0.173 e. The van der Waals surface area contributed by atoms with Crippen molar-refractivity contribution >= 4 is 34.6 Å². The Bertz CT molecular complexity index is 682. The number of halogens is 1. The van der Waals surface area contributed by atoms with Gasteiger partial charge in [-0.25, -0.2) is 0 Å². The van der Waals surface area contributed by atoms with Crippen LogP contribution in [-0.2, 0) is 6.54 Å². The molecule has 24 heavy (non-hydrogen) atoms. The maximum atomic E-state index is 5.94. The third kappa shape index (κ3) is 4.86. The van der Waals surface area contributed by atoms with E-state index in [4.69, 9.17) is 28.2 Å². The van der Waals surface area contributed by atoms with Crippen molar-refractivity contribution in [1.29, 1.82) is 0 Å². The molecule has 1 aliphatic carbocycles. The van der Waals surface area contributed by atoms with Gasteiger partial charge in [-0.1, -0.05) is 23.8 Å². The van der Waals surface area contributed by atoms with Crippen LogP contribution in [0.5, 0.6) is 0 Å². The van der Waals surface area contributed by atoms with Gasteiger partial charge < -0.3 is 14.6 Å². The molecule has 126 valence electrons. The molecule has 1 atom stereocenters. The fourth-order valence-corrected chi connectivity index (χ4v) is 3.26. The number of benzene rings is 1. The summed E-state index contributed by atoms with van der Waals surface area (Å²) in [5, 5.41) is 4.74. The predicted octanol–water partition coefficient (Wildman–Crippen LogP) is 5.49. The van der Waals surface area contributed by atoms with Crippen LogP contribution >= 0.6 is 23.8 Å². The van der Waals surface area contributed by atoms with Crippen LogP contribution in [0.4, 0.5) is 5.69 Å². The highest BCUT2D eigenvalue weighted by Gasteiger charge is 2.18. The summed E-state index contributed by atoms with van der Waals surface area (Å²) in [6.07, 6.45) is 9.70. The van der Waals surface area contributed by atoms with Crippen molar-refractivity contribution < 1.29 is 4.42 Å². The third-order valence-corrected chi connectivity index (χ3v) is 4.78. The molecular formula is C19H21ClN2OS. The fourth-order valence-electron chi connectivity index (χ4n) is 2.88. The fraction of sp³-hybridized carbons (Fsp3) is 0.316. The Morgan fingerprint density at radius 3 is 2.75 bits per heavy atom. The summed E-state index contributed by atoms with van der Waals surface area (Å²) < 4.78 is 5.51. The summed E-state index contributed by atoms with van der Waals surface area (Å²) in [5.41, 5.74) is 0.942. The summed E-state index contributed by atoms with van der Waals surface area (Å²) in [6, 6.07) is 11.5. The van der Waals surface area contributed by atoms with E-state index in [0.717, 1.165) is 30.8 Å². The molecule has 0 bridgehead atoms. The molecule has 0 saturated heterocycles. The van der Waals surface area contributed by atoms with Crippen molar-refractivity contribution in [1.82, 2.24) is 4.90 Å². The van der Waals surface area contributed by atoms with Gasteiger partial charge in [0.05, 0.1) is 12.8 Å². The number of anilines is 1. The first kappa shape index (κ1) is 17.1. The smallest absolute Gasteiger partial charge is 0.173 e. The Labute approximate surface area is 153 Å². The molecule has 0 fully saturated rings. The number of thiocarbonyl (C=S) groups is 1. The average Bonchev–Trinajstić information content (AvgIpc) is 3.10. The molecule has 1 unspecified atom stereocenters. The molecule has 0 radical (unpaired) electrons. The van der Waals surface area contributed by atoms with E-state index in [9.17, 15) is 0 Å². The minimum Gasteiger partial charge on any atom is -0.467 e. The standard InChI is InChI=1S/C19H21ClN2OS/c20-16-8-10-17(11-9-16)21-19(24)22(14-18-7-4-12-23-18)13-15-5-2-1-3-6-15/h1-2,4,7-12,15H,3,5-6,13-14H2,(H,21,24). The van der Waals surface area contributed by atoms with Gasteiger partial charge in [-0.2, -0.15) is 0 Å². The normalized spacial score (nSPS) is 16.8. The first-order chi connectivity index (χ1) is 11.7. The molecule has 1 aliphatic rings. The molecule has 3 rings (SSSR count). The molecule has 1 heterocycles. The minimum atomic E-state index is 0.620. The summed E-state index contributed by atoms with van der Waals surface area (Å²) >= 11 is 11.6. The van der Waals surface area contributed by atoms with Crippen LogP contribution in [-0.4, -0.2) is 16.6 Å². The van der Waals surface area contributed by atoms with E-state index in [2.05, 4.69) is 22.4 Å². The van der Waals surface area contributed by atoms with Gasteiger partial charge in [0.25, 0.3) is 0 Å². The number of nitrogens with one attached hydrogen (secondary N) is 1. The van der Waals surface area contributed by atoms with Crippen LogP contribution in [0.2, 0.25) is 5.02 Å². The van der Waals surface area contributed by atoms with Crippen molar-refractivity contribution in [2.45, 2.75) is 25.8 Å². The van der Waals surface area contributed by atoms with Crippen molar-refractivity contribution in [3.8, 4) is 0 Å². The summed E-state index contributed by atoms with van der Waals surface area (Å²) in [5.74, 6) is 1.54. The number of nitrogens with zero attached hydrogens (tertiary/aromatic N) is 1. The Kier molecular flexibility index (Phi) is 5.94. The zero-order valence-electron chi connectivity index (χ0n) is 13.5. The molecule has 0 saturated carbocycles. The first-order valence-electron chi connectivity index (χ1n) is 8.19. The quantitative estimate of drug-likeness (QED) is 0.564. The van der Waals surface area contributed by atoms with E-state index in [1.54, 1.807) is 6.26 Å². The zero-order valence-corrected chi connectivity index (χ0v) is 15.0. The average molecular weight is 361 g/mol. The molecule has 1 N–H and O–H groups in total. The number of hydrogen-bond acceptors (Lipinski definition) is 2. The second-order valence-electron chi connectivity index (χ2n) is 6.05. The van der Waals surface area contributed by atoms with Gasteiger partial charge in [0.1, 0.15) is 5.76 Å². The van der Waals surface area contributed by atoms with Crippen molar-refractivity contribution in [3.05, 3.63) is 65.6 Å². The molecule has 1 aromatic heterocycles. The monoisotopic (exact) mass is 360 g/mol. The number of hydrogen-bond donors (Lipinski definition) is 1. The van der Waals surface area contributed by atoms with Gasteiger partial charge >= 0.3 is 0 Å². The van der Waals surface area contributed by atoms with Crippen LogP contribution in [0.1, 0.15) is 25.0 Å². The van der Waals surface area contributed by atoms with E-state index in [1.807, 2.05) is 36.4 Å². The molecule has 0 aliphatic heterocycles. The minimum absolute atomic E-state index is 0.620. The van der Waals surface area contributed by atoms with Gasteiger partial charge in [-0.05, 0) is 73.8 Å². The SMILES string of the molecule is S=C(Nc1ccc(Cl)cc1)N(Cc1ccco1)CC1CC=CCC1. The molecule has 3 nitrogen and oxygen atoms in total. The van der Waals surface area contributed by atoms with Crippen molar-refractivity contribution in [3.63, 3.8) is 0 Å². The van der Waals surface area contributed by atoms with E-state index < -0.39 is 0 Å². The van der Waals surface area contributed by atoms with Gasteiger partial charge in [-0.3, -0.25) is 0 Å². The lowest BCUT2D eigenvalue weighted by Gasteiger charge is -2.30. The molecular weight excluding hydrogens is 340 g/mol. The zero-order chi connectivity index (χ0) is 16.8. The third-order valence-electron chi connectivity index (χ3n) is 4.17. The summed E-state index contributed by atoms with van der Waals surface area (Å²) in [4.78, 5) is 2.19. The van der Waals surface area contributed by atoms with E-state index >= 15 is 0 Å². The molecule has 0 spiro atoms. The Morgan fingerprint density at radius 1 is 1.25 bits per heavy atom. The van der Waals surface area contributed by atoms with Gasteiger partial charge in [0, 0.05) is 17.3 Å². The Balaban J connectivity index is 1.68. The highest BCUT2D eigenvalue weighted by atomic mass is 35.5. The lowest BCUT2D eigenvalue weighted by molar-refractivity contribution is 0.298. The van der Waals surface area contributed by atoms with Crippen molar-refractivity contribution in [2.24, 2.45) is 5.92 Å². The highest BCUT2D eigenvalue weighted by molar-refractivity contribution is 7.80. The van der Waals surface area contributed by atoms with E-state index in [-0.39, 0.29) is 0 Å². The molecule has 5 heteroatoms. The largest absolute Gasteiger partial charge is 0.467 e. The lowest BCUT2D eigenvalue weighted by atomic mass is 9.94. The van der Waals surface area contributed by atoms with E-state index in [0.29, 0.717) is 22.6 Å². The lowest BCUT2D eigenvalue weighted by Crippen LogP contribution is -2.38. The number of rotatable bonds is 5. The van der Waals surface area contributed by atoms with Crippen LogP contribution < -0.4 is 5.32 Å². The van der Waals surface area contributed by atoms with Gasteiger partial charge in [0.2, 0.25) is 0 Å². The Morgan fingerprint density at radius 2 is 2.08 bits per heavy atom. The van der Waals surface area contributed by atoms with Crippen LogP contribution in [0.3, 0.4) is 0 Å². The number of allylic oxidation sites excluding steroid dienone is 2. The van der Waals surface area contributed by atoms with E-state index in [1.165, 1.54) is 6.42 Å². The van der Waals surface area contributed by atoms with Crippen LogP contribution in [0, 0.1) is 5.92 Å². The summed E-state index contributed by atoms with van der Waals surface area (Å²) in [6.45, 7) is 1.59. The number of furan rings is 1. The topological polar surface area (TPSA) is 28.4 Å². The predicted molar refractivity (Wildman–Crippen MR) is 103 cm³/mol. The van der Waals surface area contributed by atoms with Crippen LogP contribution in [0.15, 0.2) is 59.2 Å². The van der Waals surface area contributed by atoms with Crippen LogP contribution in [0.25, 0.3) is 0 Å². The first-order valence-corrected chi connectivity index (χ1v) is 8.98. The van der Waals surface area contributed by atoms with Gasteiger partial charge in [0.15, 0.2) is 5.11 Å². The highest BCUT2D eigenvalue weighted by Crippen LogP contribution is 2.21. The Hall–Kier alpha value is -1.78. The second kappa shape index (κ2) is 8.36. The molecule has 2 aromatic rings. The van der Waals surface area contributed by atoms with Crippen molar-refractivity contribution in [2.75, 3.05) is 11.9 Å². The maximum absolute atomic E-state index is 5.94.